The minimum absolute atomic E-state index is 0.125. The molecule has 1 saturated heterocycles. The van der Waals surface area contributed by atoms with Crippen LogP contribution >= 0.6 is 0 Å². The molecule has 2 heterocycles. The smallest absolute Gasteiger partial charge is 0.268 e. The molecule has 2 aromatic carbocycles. The Kier molecular flexibility index (Phi) is 7.25. The van der Waals surface area contributed by atoms with Crippen LogP contribution in [0, 0.1) is 6.92 Å². The van der Waals surface area contributed by atoms with Gasteiger partial charge in [-0.3, -0.25) is 9.59 Å². The highest BCUT2D eigenvalue weighted by molar-refractivity contribution is 6.05. The Hall–Kier alpha value is -3.80. The number of benzene rings is 2. The van der Waals surface area contributed by atoms with Crippen molar-refractivity contribution in [1.82, 2.24) is 10.6 Å². The summed E-state index contributed by atoms with van der Waals surface area (Å²) in [6.45, 7) is 4.50. The number of amides is 2. The van der Waals surface area contributed by atoms with Gasteiger partial charge < -0.3 is 20.0 Å². The molecule has 33 heavy (non-hydrogen) atoms. The van der Waals surface area contributed by atoms with E-state index in [-0.39, 0.29) is 17.5 Å². The van der Waals surface area contributed by atoms with Crippen LogP contribution in [-0.2, 0) is 11.3 Å². The molecule has 1 aromatic heterocycles. The maximum absolute atomic E-state index is 12.9. The van der Waals surface area contributed by atoms with Crippen LogP contribution in [0.15, 0.2) is 77.0 Å². The zero-order valence-corrected chi connectivity index (χ0v) is 18.8. The Labute approximate surface area is 194 Å². The summed E-state index contributed by atoms with van der Waals surface area (Å²) >= 11 is 0. The Morgan fingerprint density at radius 3 is 2.36 bits per heavy atom. The largest absolute Gasteiger partial charge is 0.465 e. The first-order valence-corrected chi connectivity index (χ1v) is 11.3. The first-order chi connectivity index (χ1) is 16.1. The number of nitrogens with one attached hydrogen (secondary N) is 2. The lowest BCUT2D eigenvalue weighted by Crippen LogP contribution is -2.34. The summed E-state index contributed by atoms with van der Waals surface area (Å²) < 4.78 is 5.34. The second kappa shape index (κ2) is 10.7. The van der Waals surface area contributed by atoms with Crippen LogP contribution in [0.25, 0.3) is 6.08 Å². The molecule has 4 rings (SSSR count). The highest BCUT2D eigenvalue weighted by Crippen LogP contribution is 2.20. The number of rotatable bonds is 7. The van der Waals surface area contributed by atoms with Crippen LogP contribution in [0.2, 0.25) is 0 Å². The minimum Gasteiger partial charge on any atom is -0.465 e. The molecule has 170 valence electrons. The molecule has 0 saturated carbocycles. The normalized spacial score (nSPS) is 14.1. The Morgan fingerprint density at radius 2 is 1.70 bits per heavy atom. The zero-order valence-electron chi connectivity index (χ0n) is 18.8. The van der Waals surface area contributed by atoms with E-state index in [1.807, 2.05) is 31.2 Å². The molecule has 1 fully saturated rings. The lowest BCUT2D eigenvalue weighted by molar-refractivity contribution is -0.117. The summed E-state index contributed by atoms with van der Waals surface area (Å²) in [6.07, 6.45) is 6.82. The monoisotopic (exact) mass is 443 g/mol. The van der Waals surface area contributed by atoms with Gasteiger partial charge >= 0.3 is 0 Å². The summed E-state index contributed by atoms with van der Waals surface area (Å²) in [4.78, 5) is 28.0. The molecule has 6 nitrogen and oxygen atoms in total. The van der Waals surface area contributed by atoms with Gasteiger partial charge in [-0.05, 0) is 68.1 Å². The maximum atomic E-state index is 12.9. The number of furan rings is 1. The van der Waals surface area contributed by atoms with Gasteiger partial charge in [0.1, 0.15) is 11.5 Å². The summed E-state index contributed by atoms with van der Waals surface area (Å²) in [7, 11) is 0. The van der Waals surface area contributed by atoms with Crippen LogP contribution in [0.5, 0.6) is 0 Å². The first kappa shape index (κ1) is 22.4. The third-order valence-electron chi connectivity index (χ3n) is 5.75. The third kappa shape index (κ3) is 6.13. The minimum atomic E-state index is -0.382. The summed E-state index contributed by atoms with van der Waals surface area (Å²) in [6, 6.07) is 18.9. The maximum Gasteiger partial charge on any atom is 0.268 e. The Bertz CT molecular complexity index is 1090. The van der Waals surface area contributed by atoms with E-state index in [0.29, 0.717) is 17.9 Å². The fourth-order valence-corrected chi connectivity index (χ4v) is 3.83. The topological polar surface area (TPSA) is 74.6 Å². The molecule has 2 amide bonds. The van der Waals surface area contributed by atoms with Crippen LogP contribution in [-0.4, -0.2) is 24.9 Å². The fourth-order valence-electron chi connectivity index (χ4n) is 3.83. The highest BCUT2D eigenvalue weighted by Gasteiger charge is 2.16. The van der Waals surface area contributed by atoms with Gasteiger partial charge in [-0.2, -0.15) is 0 Å². The van der Waals surface area contributed by atoms with E-state index in [1.165, 1.54) is 37.3 Å². The number of hydrogen-bond acceptors (Lipinski definition) is 4. The molecule has 3 aromatic rings. The van der Waals surface area contributed by atoms with Crippen LogP contribution in [0.3, 0.4) is 0 Å². The number of hydrogen-bond donors (Lipinski definition) is 2. The number of piperidine rings is 1. The Morgan fingerprint density at radius 1 is 0.970 bits per heavy atom. The number of anilines is 1. The van der Waals surface area contributed by atoms with Gasteiger partial charge in [0.25, 0.3) is 11.8 Å². The summed E-state index contributed by atoms with van der Waals surface area (Å²) in [5.41, 5.74) is 3.87. The van der Waals surface area contributed by atoms with Gasteiger partial charge in [-0.15, -0.1) is 0 Å². The molecule has 0 spiro atoms. The molecular formula is C27H29N3O3. The van der Waals surface area contributed by atoms with Gasteiger partial charge in [-0.1, -0.05) is 29.8 Å². The van der Waals surface area contributed by atoms with Crippen LogP contribution < -0.4 is 15.5 Å². The van der Waals surface area contributed by atoms with Crippen molar-refractivity contribution in [2.75, 3.05) is 18.0 Å². The van der Waals surface area contributed by atoms with E-state index >= 15 is 0 Å². The number of carbonyl (C=O) groups excluding carboxylic acids is 2. The van der Waals surface area contributed by atoms with Gasteiger partial charge in [0.2, 0.25) is 0 Å². The quantitative estimate of drug-likeness (QED) is 0.521. The molecule has 6 heteroatoms. The molecule has 0 radical (unpaired) electrons. The van der Waals surface area contributed by atoms with Crippen molar-refractivity contribution in [3.05, 3.63) is 95.1 Å². The average Bonchev–Trinajstić information content (AvgIpc) is 3.36. The molecule has 0 atom stereocenters. The van der Waals surface area contributed by atoms with Crippen molar-refractivity contribution in [2.45, 2.75) is 32.7 Å². The first-order valence-electron chi connectivity index (χ1n) is 11.3. The molecule has 0 aliphatic carbocycles. The van der Waals surface area contributed by atoms with Crippen molar-refractivity contribution >= 4 is 23.6 Å². The molecule has 1 aliphatic rings. The van der Waals surface area contributed by atoms with E-state index in [2.05, 4.69) is 27.7 Å². The highest BCUT2D eigenvalue weighted by atomic mass is 16.3. The molecular weight excluding hydrogens is 414 g/mol. The number of carbonyl (C=O) groups is 2. The standard InChI is InChI=1S/C27H29N3O3/c1-20-7-11-22(12-8-20)26(31)29-25(18-24-6-5-17-33-24)27(32)28-19-21-9-13-23(14-10-21)30-15-3-2-4-16-30/h5-14,17-18H,2-4,15-16,19H2,1H3,(H,28,32)(H,29,31)/b25-18-. The van der Waals surface area contributed by atoms with Crippen molar-refractivity contribution in [2.24, 2.45) is 0 Å². The van der Waals surface area contributed by atoms with Crippen molar-refractivity contribution in [3.8, 4) is 0 Å². The van der Waals surface area contributed by atoms with Crippen molar-refractivity contribution < 1.29 is 14.0 Å². The second-order valence-electron chi connectivity index (χ2n) is 8.29. The van der Waals surface area contributed by atoms with Gasteiger partial charge in [0.15, 0.2) is 0 Å². The second-order valence-corrected chi connectivity index (χ2v) is 8.29. The predicted octanol–water partition coefficient (Wildman–Crippen LogP) is 4.67. The number of aryl methyl sites for hydroxylation is 1. The van der Waals surface area contributed by atoms with E-state index in [4.69, 9.17) is 4.42 Å². The summed E-state index contributed by atoms with van der Waals surface area (Å²) in [5.74, 6) is -0.254. The molecule has 2 N–H and O–H groups in total. The van der Waals surface area contributed by atoms with E-state index in [0.717, 1.165) is 24.2 Å². The zero-order chi connectivity index (χ0) is 23.0. The Balaban J connectivity index is 1.42. The average molecular weight is 444 g/mol. The van der Waals surface area contributed by atoms with Gasteiger partial charge in [0.05, 0.1) is 6.26 Å². The molecule has 1 aliphatic heterocycles. The van der Waals surface area contributed by atoms with Crippen molar-refractivity contribution in [3.63, 3.8) is 0 Å². The lowest BCUT2D eigenvalue weighted by atomic mass is 10.1. The number of nitrogens with zero attached hydrogens (tertiary/aromatic N) is 1. The summed E-state index contributed by atoms with van der Waals surface area (Å²) in [5, 5.41) is 5.62. The third-order valence-corrected chi connectivity index (χ3v) is 5.75. The lowest BCUT2D eigenvalue weighted by Gasteiger charge is -2.28. The predicted molar refractivity (Wildman–Crippen MR) is 130 cm³/mol. The SMILES string of the molecule is Cc1ccc(C(=O)N/C(=C\c2ccco2)C(=O)NCc2ccc(N3CCCCC3)cc2)cc1. The van der Waals surface area contributed by atoms with E-state index in [1.54, 1.807) is 24.3 Å². The molecule has 0 unspecified atom stereocenters. The van der Waals surface area contributed by atoms with E-state index in [9.17, 15) is 9.59 Å². The van der Waals surface area contributed by atoms with Gasteiger partial charge in [-0.25, -0.2) is 0 Å². The van der Waals surface area contributed by atoms with E-state index < -0.39 is 0 Å². The van der Waals surface area contributed by atoms with Crippen LogP contribution in [0.1, 0.15) is 46.5 Å². The van der Waals surface area contributed by atoms with Crippen molar-refractivity contribution in [1.29, 1.82) is 0 Å². The van der Waals surface area contributed by atoms with Gasteiger partial charge in [0, 0.05) is 37.0 Å². The van der Waals surface area contributed by atoms with Crippen LogP contribution in [0.4, 0.5) is 5.69 Å². The fraction of sp³-hybridized carbons (Fsp3) is 0.259. The molecule has 0 bridgehead atoms.